The van der Waals surface area contributed by atoms with Gasteiger partial charge in [0, 0.05) is 12.0 Å². The van der Waals surface area contributed by atoms with Crippen LogP contribution in [0.3, 0.4) is 0 Å². The predicted octanol–water partition coefficient (Wildman–Crippen LogP) is 4.11. The van der Waals surface area contributed by atoms with Crippen molar-refractivity contribution in [2.45, 2.75) is 41.0 Å². The Kier molecular flexibility index (Phi) is 4.37. The SMILES string of the molecule is CC(CO)CC1=CC=CC(C)(C(C)(C)C)C=C1. The number of aliphatic hydroxyl groups excluding tert-OH is 1. The van der Waals surface area contributed by atoms with Crippen LogP contribution in [0.2, 0.25) is 0 Å². The van der Waals surface area contributed by atoms with Crippen molar-refractivity contribution in [1.82, 2.24) is 0 Å². The van der Waals surface area contributed by atoms with Crippen molar-refractivity contribution in [2.24, 2.45) is 16.7 Å². The van der Waals surface area contributed by atoms with E-state index in [9.17, 15) is 0 Å². The lowest BCUT2D eigenvalue weighted by molar-refractivity contribution is 0.228. The molecule has 0 saturated heterocycles. The van der Waals surface area contributed by atoms with E-state index >= 15 is 0 Å². The molecule has 0 aliphatic heterocycles. The summed E-state index contributed by atoms with van der Waals surface area (Å²) in [6, 6.07) is 0. The lowest BCUT2D eigenvalue weighted by Crippen LogP contribution is -2.28. The van der Waals surface area contributed by atoms with E-state index in [1.807, 2.05) is 0 Å². The molecule has 96 valence electrons. The maximum absolute atomic E-state index is 9.10. The molecule has 1 aliphatic rings. The molecule has 0 radical (unpaired) electrons. The van der Waals surface area contributed by atoms with E-state index in [1.54, 1.807) is 0 Å². The first-order chi connectivity index (χ1) is 7.78. The summed E-state index contributed by atoms with van der Waals surface area (Å²) in [4.78, 5) is 0. The Hall–Kier alpha value is -0.820. The van der Waals surface area contributed by atoms with Crippen molar-refractivity contribution in [1.29, 1.82) is 0 Å². The van der Waals surface area contributed by atoms with Crippen molar-refractivity contribution in [3.8, 4) is 0 Å². The Morgan fingerprint density at radius 3 is 2.47 bits per heavy atom. The topological polar surface area (TPSA) is 20.2 Å². The predicted molar refractivity (Wildman–Crippen MR) is 74.8 cm³/mol. The average Bonchev–Trinajstić information content (AvgIpc) is 2.41. The highest BCUT2D eigenvalue weighted by Crippen LogP contribution is 2.42. The number of aliphatic hydroxyl groups is 1. The molecule has 2 unspecified atom stereocenters. The molecule has 1 aliphatic carbocycles. The Morgan fingerprint density at radius 1 is 1.29 bits per heavy atom. The van der Waals surface area contributed by atoms with Crippen LogP contribution in [0.25, 0.3) is 0 Å². The van der Waals surface area contributed by atoms with E-state index in [0.29, 0.717) is 5.92 Å². The summed E-state index contributed by atoms with van der Waals surface area (Å²) in [5, 5.41) is 9.10. The van der Waals surface area contributed by atoms with Crippen LogP contribution in [0.4, 0.5) is 0 Å². The smallest absolute Gasteiger partial charge is 0.0459 e. The second kappa shape index (κ2) is 5.22. The van der Waals surface area contributed by atoms with Crippen LogP contribution >= 0.6 is 0 Å². The highest BCUT2D eigenvalue weighted by Gasteiger charge is 2.32. The highest BCUT2D eigenvalue weighted by atomic mass is 16.3. The first kappa shape index (κ1) is 14.2. The van der Waals surface area contributed by atoms with Crippen LogP contribution in [0.15, 0.2) is 36.0 Å². The van der Waals surface area contributed by atoms with Gasteiger partial charge in [-0.3, -0.25) is 0 Å². The summed E-state index contributed by atoms with van der Waals surface area (Å²) >= 11 is 0. The normalized spacial score (nSPS) is 26.6. The molecule has 0 aromatic heterocycles. The molecule has 1 N–H and O–H groups in total. The minimum atomic E-state index is 0.0910. The second-order valence-corrected chi connectivity index (χ2v) is 6.46. The molecule has 17 heavy (non-hydrogen) atoms. The maximum atomic E-state index is 9.10. The van der Waals surface area contributed by atoms with Gasteiger partial charge in [-0.1, -0.05) is 65.0 Å². The van der Waals surface area contributed by atoms with Crippen LogP contribution in [0, 0.1) is 16.7 Å². The van der Waals surface area contributed by atoms with Crippen LogP contribution in [0.5, 0.6) is 0 Å². The molecule has 1 rings (SSSR count). The van der Waals surface area contributed by atoms with E-state index in [1.165, 1.54) is 5.57 Å². The zero-order chi connectivity index (χ0) is 13.1. The highest BCUT2D eigenvalue weighted by molar-refractivity contribution is 5.32. The fourth-order valence-electron chi connectivity index (χ4n) is 1.87. The number of allylic oxidation sites excluding steroid dienone is 6. The van der Waals surface area contributed by atoms with Gasteiger partial charge in [0.05, 0.1) is 0 Å². The third kappa shape index (κ3) is 3.57. The van der Waals surface area contributed by atoms with Gasteiger partial charge in [0.1, 0.15) is 0 Å². The lowest BCUT2D eigenvalue weighted by atomic mass is 9.68. The molecule has 0 bridgehead atoms. The number of hydrogen-bond donors (Lipinski definition) is 1. The fraction of sp³-hybridized carbons (Fsp3) is 0.625. The van der Waals surface area contributed by atoms with Gasteiger partial charge in [-0.25, -0.2) is 0 Å². The number of hydrogen-bond acceptors (Lipinski definition) is 1. The Bertz CT molecular complexity index is 341. The van der Waals surface area contributed by atoms with Crippen molar-refractivity contribution in [3.05, 3.63) is 36.0 Å². The van der Waals surface area contributed by atoms with Crippen LogP contribution in [0.1, 0.15) is 41.0 Å². The van der Waals surface area contributed by atoms with Gasteiger partial charge in [-0.2, -0.15) is 0 Å². The Labute approximate surface area is 106 Å². The van der Waals surface area contributed by atoms with Gasteiger partial charge in [-0.05, 0) is 23.3 Å². The zero-order valence-electron chi connectivity index (χ0n) is 11.8. The largest absolute Gasteiger partial charge is 0.396 e. The van der Waals surface area contributed by atoms with E-state index in [2.05, 4.69) is 65.0 Å². The molecule has 0 fully saturated rings. The summed E-state index contributed by atoms with van der Waals surface area (Å²) < 4.78 is 0. The minimum absolute atomic E-state index is 0.0910. The molecule has 0 spiro atoms. The van der Waals surface area contributed by atoms with E-state index < -0.39 is 0 Å². The number of rotatable bonds is 3. The standard InChI is InChI=1S/C16H26O/c1-13(12-17)11-14-7-6-9-16(5,10-8-14)15(2,3)4/h6-10,13,17H,11-12H2,1-5H3. The fourth-order valence-corrected chi connectivity index (χ4v) is 1.87. The van der Waals surface area contributed by atoms with E-state index in [0.717, 1.165) is 6.42 Å². The molecule has 0 aromatic carbocycles. The van der Waals surface area contributed by atoms with Crippen molar-refractivity contribution in [3.63, 3.8) is 0 Å². The van der Waals surface area contributed by atoms with Gasteiger partial charge in [0.2, 0.25) is 0 Å². The van der Waals surface area contributed by atoms with Crippen LogP contribution < -0.4 is 0 Å². The first-order valence-electron chi connectivity index (χ1n) is 6.47. The van der Waals surface area contributed by atoms with Gasteiger partial charge in [0.15, 0.2) is 0 Å². The summed E-state index contributed by atoms with van der Waals surface area (Å²) in [7, 11) is 0. The molecule has 0 saturated carbocycles. The maximum Gasteiger partial charge on any atom is 0.0459 e. The van der Waals surface area contributed by atoms with Gasteiger partial charge >= 0.3 is 0 Å². The molecule has 0 heterocycles. The van der Waals surface area contributed by atoms with E-state index in [-0.39, 0.29) is 17.4 Å². The summed E-state index contributed by atoms with van der Waals surface area (Å²) in [5.74, 6) is 0.332. The van der Waals surface area contributed by atoms with Crippen molar-refractivity contribution >= 4 is 0 Å². The average molecular weight is 234 g/mol. The third-order valence-electron chi connectivity index (χ3n) is 3.91. The van der Waals surface area contributed by atoms with Gasteiger partial charge in [-0.15, -0.1) is 0 Å². The zero-order valence-corrected chi connectivity index (χ0v) is 11.8. The molecular weight excluding hydrogens is 208 g/mol. The van der Waals surface area contributed by atoms with Crippen LogP contribution in [-0.2, 0) is 0 Å². The summed E-state index contributed by atoms with van der Waals surface area (Å²) in [6.07, 6.45) is 12.1. The lowest BCUT2D eigenvalue weighted by Gasteiger charge is -2.37. The molecular formula is C16H26O. The summed E-state index contributed by atoms with van der Waals surface area (Å²) in [6.45, 7) is 11.4. The molecule has 0 aromatic rings. The molecule has 1 nitrogen and oxygen atoms in total. The molecule has 1 heteroatoms. The minimum Gasteiger partial charge on any atom is -0.396 e. The van der Waals surface area contributed by atoms with Gasteiger partial charge < -0.3 is 5.11 Å². The molecule has 0 amide bonds. The first-order valence-corrected chi connectivity index (χ1v) is 6.47. The van der Waals surface area contributed by atoms with Crippen LogP contribution in [-0.4, -0.2) is 11.7 Å². The Morgan fingerprint density at radius 2 is 1.94 bits per heavy atom. The molecule has 2 atom stereocenters. The van der Waals surface area contributed by atoms with Gasteiger partial charge in [0.25, 0.3) is 0 Å². The Balaban J connectivity index is 2.84. The third-order valence-corrected chi connectivity index (χ3v) is 3.91. The van der Waals surface area contributed by atoms with Crippen molar-refractivity contribution in [2.75, 3.05) is 6.61 Å². The summed E-state index contributed by atoms with van der Waals surface area (Å²) in [5.41, 5.74) is 1.61. The van der Waals surface area contributed by atoms with Crippen molar-refractivity contribution < 1.29 is 5.11 Å². The van der Waals surface area contributed by atoms with E-state index in [4.69, 9.17) is 5.11 Å². The quantitative estimate of drug-likeness (QED) is 0.779. The monoisotopic (exact) mass is 234 g/mol. The second-order valence-electron chi connectivity index (χ2n) is 6.46.